The lowest BCUT2D eigenvalue weighted by Crippen LogP contribution is -2.12. The summed E-state index contributed by atoms with van der Waals surface area (Å²) in [5.74, 6) is -0.133. The molecule has 0 spiro atoms. The minimum atomic E-state index is -2.94. The molecule has 0 unspecified atom stereocenters. The summed E-state index contributed by atoms with van der Waals surface area (Å²) in [6, 6.07) is 10.3. The van der Waals surface area contributed by atoms with E-state index in [1.165, 1.54) is 43.5 Å². The van der Waals surface area contributed by atoms with Gasteiger partial charge in [0, 0.05) is 11.6 Å². The van der Waals surface area contributed by atoms with Crippen molar-refractivity contribution in [2.45, 2.75) is 13.5 Å². The third kappa shape index (κ3) is 6.91. The van der Waals surface area contributed by atoms with Gasteiger partial charge in [0.05, 0.1) is 13.7 Å². The van der Waals surface area contributed by atoms with E-state index in [9.17, 15) is 18.4 Å². The van der Waals surface area contributed by atoms with Crippen molar-refractivity contribution in [2.24, 2.45) is 0 Å². The average Bonchev–Trinajstić information content (AvgIpc) is 2.71. The van der Waals surface area contributed by atoms with Gasteiger partial charge in [-0.1, -0.05) is 6.07 Å². The number of carbonyl (C=O) groups is 2. The third-order valence-corrected chi connectivity index (χ3v) is 3.65. The first kappa shape index (κ1) is 21.9. The minimum absolute atomic E-state index is 0.0674. The van der Waals surface area contributed by atoms with Crippen LogP contribution in [0.25, 0.3) is 6.08 Å². The molecule has 0 aliphatic rings. The molecule has 2 rings (SSSR count). The number of benzene rings is 2. The molecule has 2 aromatic carbocycles. The van der Waals surface area contributed by atoms with Crippen LogP contribution in [0.5, 0.6) is 17.2 Å². The Morgan fingerprint density at radius 3 is 2.41 bits per heavy atom. The van der Waals surface area contributed by atoms with Gasteiger partial charge in [-0.15, -0.1) is 0 Å². The van der Waals surface area contributed by atoms with Crippen molar-refractivity contribution in [1.82, 2.24) is 0 Å². The van der Waals surface area contributed by atoms with Crippen molar-refractivity contribution in [2.75, 3.05) is 20.3 Å². The highest BCUT2D eigenvalue weighted by Gasteiger charge is 2.10. The number of methoxy groups -OCH3 is 1. The van der Waals surface area contributed by atoms with Crippen LogP contribution < -0.4 is 14.2 Å². The van der Waals surface area contributed by atoms with Crippen molar-refractivity contribution in [3.05, 3.63) is 59.7 Å². The first-order valence-electron chi connectivity index (χ1n) is 8.66. The fourth-order valence-corrected chi connectivity index (χ4v) is 2.32. The highest BCUT2D eigenvalue weighted by Crippen LogP contribution is 2.28. The Hall–Kier alpha value is -3.42. The number of halogens is 2. The second kappa shape index (κ2) is 10.8. The lowest BCUT2D eigenvalue weighted by molar-refractivity contribution is -0.136. The smallest absolute Gasteiger partial charge is 0.387 e. The normalized spacial score (nSPS) is 10.8. The van der Waals surface area contributed by atoms with Gasteiger partial charge < -0.3 is 18.9 Å². The monoisotopic (exact) mass is 406 g/mol. The molecule has 0 atom stereocenters. The second-order valence-electron chi connectivity index (χ2n) is 5.61. The zero-order chi connectivity index (χ0) is 21.2. The number of carbonyl (C=O) groups excluding carboxylic acids is 2. The van der Waals surface area contributed by atoms with Gasteiger partial charge in [-0.3, -0.25) is 4.79 Å². The van der Waals surface area contributed by atoms with Crippen LogP contribution in [0.2, 0.25) is 0 Å². The molecule has 0 aliphatic carbocycles. The van der Waals surface area contributed by atoms with Crippen molar-refractivity contribution >= 4 is 17.8 Å². The zero-order valence-corrected chi connectivity index (χ0v) is 15.9. The Balaban J connectivity index is 1.89. The number of ether oxygens (including phenoxy) is 4. The number of alkyl halides is 2. The lowest BCUT2D eigenvalue weighted by Gasteiger charge is -2.09. The van der Waals surface area contributed by atoms with Crippen LogP contribution in [0, 0.1) is 0 Å². The summed E-state index contributed by atoms with van der Waals surface area (Å²) >= 11 is 0. The molecule has 0 N–H and O–H groups in total. The molecule has 0 bridgehead atoms. The predicted molar refractivity (Wildman–Crippen MR) is 102 cm³/mol. The van der Waals surface area contributed by atoms with Crippen LogP contribution >= 0.6 is 0 Å². The maximum Gasteiger partial charge on any atom is 0.387 e. The molecule has 6 nitrogen and oxygen atoms in total. The SMILES string of the molecule is CCOc1ccc(/C=C/C(=O)OCC(=O)c2ccc(OC(F)F)cc2)cc1OC. The average molecular weight is 406 g/mol. The highest BCUT2D eigenvalue weighted by molar-refractivity contribution is 5.99. The van der Waals surface area contributed by atoms with Gasteiger partial charge in [0.1, 0.15) is 5.75 Å². The fourth-order valence-electron chi connectivity index (χ4n) is 2.32. The van der Waals surface area contributed by atoms with Gasteiger partial charge in [-0.25, -0.2) is 4.79 Å². The summed E-state index contributed by atoms with van der Waals surface area (Å²) < 4.78 is 44.0. The van der Waals surface area contributed by atoms with E-state index in [0.29, 0.717) is 23.7 Å². The standard InChI is InChI=1S/C21H20F2O6/c1-3-27-18-10-4-14(12-19(18)26-2)5-11-20(25)28-13-17(24)15-6-8-16(9-7-15)29-21(22)23/h4-12,21H,3,13H2,1-2H3/b11-5+. The number of ketones is 1. The Morgan fingerprint density at radius 2 is 1.79 bits per heavy atom. The zero-order valence-electron chi connectivity index (χ0n) is 15.9. The Morgan fingerprint density at radius 1 is 1.07 bits per heavy atom. The third-order valence-electron chi connectivity index (χ3n) is 3.65. The summed E-state index contributed by atoms with van der Waals surface area (Å²) in [5, 5.41) is 0. The van der Waals surface area contributed by atoms with E-state index in [1.807, 2.05) is 6.92 Å². The van der Waals surface area contributed by atoms with Gasteiger partial charge in [0.15, 0.2) is 23.9 Å². The van der Waals surface area contributed by atoms with E-state index < -0.39 is 25.0 Å². The van der Waals surface area contributed by atoms with Crippen molar-refractivity contribution in [3.8, 4) is 17.2 Å². The molecule has 2 aromatic rings. The summed E-state index contributed by atoms with van der Waals surface area (Å²) in [7, 11) is 1.51. The molecule has 0 amide bonds. The van der Waals surface area contributed by atoms with Gasteiger partial charge >= 0.3 is 12.6 Å². The molecule has 0 radical (unpaired) electrons. The van der Waals surface area contributed by atoms with Gasteiger partial charge in [0.25, 0.3) is 0 Å². The predicted octanol–water partition coefficient (Wildman–Crippen LogP) is 4.13. The summed E-state index contributed by atoms with van der Waals surface area (Å²) in [4.78, 5) is 23.8. The van der Waals surface area contributed by atoms with Gasteiger partial charge in [-0.2, -0.15) is 8.78 Å². The molecule has 8 heteroatoms. The largest absolute Gasteiger partial charge is 0.493 e. The maximum atomic E-state index is 12.1. The Kier molecular flexibility index (Phi) is 8.14. The molecular formula is C21H20F2O6. The van der Waals surface area contributed by atoms with E-state index in [2.05, 4.69) is 4.74 Å². The van der Waals surface area contributed by atoms with E-state index >= 15 is 0 Å². The van der Waals surface area contributed by atoms with E-state index in [-0.39, 0.29) is 11.3 Å². The summed E-state index contributed by atoms with van der Waals surface area (Å²) in [6.07, 6.45) is 2.70. The molecule has 0 saturated heterocycles. The van der Waals surface area contributed by atoms with Crippen LogP contribution in [0.4, 0.5) is 8.78 Å². The van der Waals surface area contributed by atoms with Crippen molar-refractivity contribution < 1.29 is 37.3 Å². The van der Waals surface area contributed by atoms with Crippen molar-refractivity contribution in [1.29, 1.82) is 0 Å². The van der Waals surface area contributed by atoms with Crippen LogP contribution in [0.3, 0.4) is 0 Å². The molecule has 0 heterocycles. The van der Waals surface area contributed by atoms with Crippen LogP contribution in [-0.2, 0) is 9.53 Å². The van der Waals surface area contributed by atoms with Crippen molar-refractivity contribution in [3.63, 3.8) is 0 Å². The van der Waals surface area contributed by atoms with E-state index in [1.54, 1.807) is 18.2 Å². The molecule has 0 aromatic heterocycles. The van der Waals surface area contributed by atoms with Gasteiger partial charge in [-0.05, 0) is 55.0 Å². The fraction of sp³-hybridized carbons (Fsp3) is 0.238. The first-order valence-corrected chi connectivity index (χ1v) is 8.66. The molecule has 0 saturated carbocycles. The van der Waals surface area contributed by atoms with E-state index in [4.69, 9.17) is 14.2 Å². The Bertz CT molecular complexity index is 862. The van der Waals surface area contributed by atoms with Gasteiger partial charge in [0.2, 0.25) is 0 Å². The van der Waals surface area contributed by atoms with E-state index in [0.717, 1.165) is 0 Å². The summed E-state index contributed by atoms with van der Waals surface area (Å²) in [6.45, 7) is -1.07. The summed E-state index contributed by atoms with van der Waals surface area (Å²) in [5.41, 5.74) is 0.892. The number of hydrogen-bond donors (Lipinski definition) is 0. The van der Waals surface area contributed by atoms with Crippen LogP contribution in [0.1, 0.15) is 22.8 Å². The van der Waals surface area contributed by atoms with Crippen LogP contribution in [-0.4, -0.2) is 38.7 Å². The first-order chi connectivity index (χ1) is 13.9. The number of esters is 1. The second-order valence-corrected chi connectivity index (χ2v) is 5.61. The minimum Gasteiger partial charge on any atom is -0.493 e. The number of Topliss-reactive ketones (excluding diaryl/α,β-unsaturated/α-hetero) is 1. The molecule has 0 fully saturated rings. The Labute approximate surface area is 166 Å². The lowest BCUT2D eigenvalue weighted by atomic mass is 10.1. The number of rotatable bonds is 10. The molecule has 0 aliphatic heterocycles. The topological polar surface area (TPSA) is 71.1 Å². The molecular weight excluding hydrogens is 386 g/mol. The molecule has 154 valence electrons. The number of hydrogen-bond acceptors (Lipinski definition) is 6. The quantitative estimate of drug-likeness (QED) is 0.336. The molecule has 29 heavy (non-hydrogen) atoms. The maximum absolute atomic E-state index is 12.1. The van der Waals surface area contributed by atoms with Crippen LogP contribution in [0.15, 0.2) is 48.5 Å². The highest BCUT2D eigenvalue weighted by atomic mass is 19.3.